The molecule has 0 heterocycles. The molecule has 0 unspecified atom stereocenters. The van der Waals surface area contributed by atoms with Crippen LogP contribution < -0.4 is 34.7 Å². The van der Waals surface area contributed by atoms with Crippen molar-refractivity contribution in [1.29, 1.82) is 0 Å². The van der Waals surface area contributed by atoms with Gasteiger partial charge in [-0.25, -0.2) is 0 Å². The van der Waals surface area contributed by atoms with Crippen LogP contribution in [0, 0.1) is 13.8 Å². The zero-order valence-electron chi connectivity index (χ0n) is 12.3. The molecule has 2 aromatic carbocycles. The van der Waals surface area contributed by atoms with Crippen molar-refractivity contribution < 1.29 is 39.5 Å². The fourth-order valence-corrected chi connectivity index (χ4v) is 3.73. The third kappa shape index (κ3) is 6.09. The average Bonchev–Trinajstić information content (AvgIpc) is 2.42. The van der Waals surface area contributed by atoms with E-state index in [-0.39, 0.29) is 29.6 Å². The molecule has 0 spiro atoms. The number of rotatable bonds is 5. The van der Waals surface area contributed by atoms with Crippen LogP contribution in [0.15, 0.2) is 58.3 Å². The van der Waals surface area contributed by atoms with Gasteiger partial charge in [-0.1, -0.05) is 35.4 Å². The summed E-state index contributed by atoms with van der Waals surface area (Å²) >= 11 is 2.61. The van der Waals surface area contributed by atoms with Crippen LogP contribution in [0.1, 0.15) is 11.1 Å². The van der Waals surface area contributed by atoms with Crippen molar-refractivity contribution in [2.45, 2.75) is 28.2 Å². The first kappa shape index (κ1) is 18.7. The second-order valence-electron chi connectivity index (χ2n) is 4.51. The Balaban J connectivity index is 0.00000220. The maximum Gasteiger partial charge on any atom is 1.00 e. The van der Waals surface area contributed by atoms with Gasteiger partial charge in [0.2, 0.25) is 0 Å². The van der Waals surface area contributed by atoms with E-state index < -0.39 is 10.6 Å². The maximum absolute atomic E-state index is 11.3. The van der Waals surface area contributed by atoms with Gasteiger partial charge in [-0.2, -0.15) is 0 Å². The summed E-state index contributed by atoms with van der Waals surface area (Å²) in [5.74, 6) is -1.05. The minimum absolute atomic E-state index is 0. The number of hydrogen-bond donors (Lipinski definition) is 0. The fraction of sp³-hybridized carbons (Fsp3) is 0.188. The van der Waals surface area contributed by atoms with Gasteiger partial charge in [-0.15, -0.1) is 23.5 Å². The summed E-state index contributed by atoms with van der Waals surface area (Å²) in [6.07, 6.45) is 0. The third-order valence-electron chi connectivity index (χ3n) is 2.72. The van der Waals surface area contributed by atoms with E-state index in [0.717, 1.165) is 20.9 Å². The molecule has 2 rings (SSSR count). The van der Waals surface area contributed by atoms with E-state index in [1.54, 1.807) is 0 Å². The minimum atomic E-state index is -1.05. The van der Waals surface area contributed by atoms with Crippen LogP contribution in [0.3, 0.4) is 0 Å². The van der Waals surface area contributed by atoms with Crippen LogP contribution in [0.25, 0.3) is 0 Å². The number of carbonyl (C=O) groups excluding carboxylic acids is 1. The molecule has 21 heavy (non-hydrogen) atoms. The Kier molecular flexibility index (Phi) is 7.92. The molecule has 0 aromatic heterocycles. The summed E-state index contributed by atoms with van der Waals surface area (Å²) < 4.78 is -0.652. The Morgan fingerprint density at radius 2 is 1.19 bits per heavy atom. The number of carboxylic acid groups (broad SMARTS) is 1. The topological polar surface area (TPSA) is 40.1 Å². The molecule has 2 nitrogen and oxygen atoms in total. The molecular formula is C16H15NaO2S2. The normalized spacial score (nSPS) is 10.2. The molecule has 0 radical (unpaired) electrons. The average molecular weight is 326 g/mol. The van der Waals surface area contributed by atoms with Crippen molar-refractivity contribution in [3.8, 4) is 0 Å². The van der Waals surface area contributed by atoms with Crippen LogP contribution in [0.5, 0.6) is 0 Å². The van der Waals surface area contributed by atoms with Crippen LogP contribution in [0.2, 0.25) is 0 Å². The Morgan fingerprint density at radius 3 is 1.48 bits per heavy atom. The molecule has 0 amide bonds. The molecule has 0 fully saturated rings. The van der Waals surface area contributed by atoms with E-state index in [9.17, 15) is 9.90 Å². The van der Waals surface area contributed by atoms with E-state index in [0.29, 0.717) is 0 Å². The number of carboxylic acids is 1. The van der Waals surface area contributed by atoms with Crippen LogP contribution >= 0.6 is 23.5 Å². The number of aryl methyl sites for hydroxylation is 2. The van der Waals surface area contributed by atoms with Crippen molar-refractivity contribution in [2.75, 3.05) is 0 Å². The molecular weight excluding hydrogens is 311 g/mol. The first-order valence-electron chi connectivity index (χ1n) is 6.22. The monoisotopic (exact) mass is 326 g/mol. The molecule has 5 heteroatoms. The van der Waals surface area contributed by atoms with Crippen LogP contribution in [-0.2, 0) is 4.79 Å². The summed E-state index contributed by atoms with van der Waals surface area (Å²) in [6, 6.07) is 15.7. The van der Waals surface area contributed by atoms with Crippen molar-refractivity contribution in [3.63, 3.8) is 0 Å². The van der Waals surface area contributed by atoms with Gasteiger partial charge in [0.15, 0.2) is 0 Å². The van der Waals surface area contributed by atoms with Gasteiger partial charge in [0.05, 0.1) is 10.6 Å². The Bertz CT molecular complexity index is 535. The SMILES string of the molecule is Cc1ccc(SC(Sc2ccc(C)cc2)C(=O)[O-])cc1.[Na+]. The second-order valence-corrected chi connectivity index (χ2v) is 7.17. The van der Waals surface area contributed by atoms with Crippen molar-refractivity contribution in [2.24, 2.45) is 0 Å². The first-order chi connectivity index (χ1) is 9.54. The predicted octanol–water partition coefficient (Wildman–Crippen LogP) is 0.268. The fourth-order valence-electron chi connectivity index (χ4n) is 1.60. The number of thioether (sulfide) groups is 2. The molecule has 2 aromatic rings. The van der Waals surface area contributed by atoms with E-state index in [4.69, 9.17) is 0 Å². The molecule has 0 saturated carbocycles. The summed E-state index contributed by atoms with van der Waals surface area (Å²) in [7, 11) is 0. The smallest absolute Gasteiger partial charge is 0.548 e. The van der Waals surface area contributed by atoms with Gasteiger partial charge in [0.25, 0.3) is 0 Å². The number of carbonyl (C=O) groups is 1. The molecule has 0 aliphatic heterocycles. The molecule has 0 saturated heterocycles. The van der Waals surface area contributed by atoms with Gasteiger partial charge in [-0.3, -0.25) is 0 Å². The van der Waals surface area contributed by atoms with E-state index in [2.05, 4.69) is 0 Å². The Labute approximate surface area is 156 Å². The number of aliphatic carboxylic acids is 1. The summed E-state index contributed by atoms with van der Waals surface area (Å²) in [6.45, 7) is 4.01. The summed E-state index contributed by atoms with van der Waals surface area (Å²) in [4.78, 5) is 13.2. The zero-order valence-corrected chi connectivity index (χ0v) is 16.0. The van der Waals surface area contributed by atoms with Gasteiger partial charge in [0, 0.05) is 9.79 Å². The summed E-state index contributed by atoms with van der Waals surface area (Å²) in [5, 5.41) is 11.3. The van der Waals surface area contributed by atoms with Crippen LogP contribution in [-0.4, -0.2) is 10.6 Å². The quantitative estimate of drug-likeness (QED) is 0.449. The molecule has 0 bridgehead atoms. The van der Waals surface area contributed by atoms with Gasteiger partial charge in [0.1, 0.15) is 0 Å². The number of hydrogen-bond acceptors (Lipinski definition) is 4. The predicted molar refractivity (Wildman–Crippen MR) is 82.9 cm³/mol. The molecule has 0 aliphatic rings. The van der Waals surface area contributed by atoms with E-state index in [1.165, 1.54) is 23.5 Å². The largest absolute Gasteiger partial charge is 1.00 e. The minimum Gasteiger partial charge on any atom is -0.548 e. The molecule has 104 valence electrons. The van der Waals surface area contributed by atoms with Gasteiger partial charge < -0.3 is 9.90 Å². The van der Waals surface area contributed by atoms with E-state index in [1.807, 2.05) is 62.4 Å². The van der Waals surface area contributed by atoms with Crippen LogP contribution in [0.4, 0.5) is 0 Å². The second kappa shape index (κ2) is 8.91. The number of benzene rings is 2. The zero-order chi connectivity index (χ0) is 14.5. The van der Waals surface area contributed by atoms with Crippen molar-refractivity contribution in [1.82, 2.24) is 0 Å². The first-order valence-corrected chi connectivity index (χ1v) is 7.98. The molecule has 0 aliphatic carbocycles. The van der Waals surface area contributed by atoms with Gasteiger partial charge >= 0.3 is 29.6 Å². The Morgan fingerprint density at radius 1 is 0.857 bits per heavy atom. The van der Waals surface area contributed by atoms with E-state index >= 15 is 0 Å². The Hall–Kier alpha value is -0.390. The molecule has 0 atom stereocenters. The van der Waals surface area contributed by atoms with Crippen molar-refractivity contribution >= 4 is 29.5 Å². The van der Waals surface area contributed by atoms with Gasteiger partial charge in [-0.05, 0) is 38.1 Å². The standard InChI is InChI=1S/C16H16O2S2.Na/c1-11-3-7-13(8-4-11)19-16(15(17)18)20-14-9-5-12(2)6-10-14;/h3-10,16H,1-2H3,(H,17,18);/q;+1/p-1. The third-order valence-corrected chi connectivity index (χ3v) is 5.20. The molecule has 0 N–H and O–H groups in total. The summed E-state index contributed by atoms with van der Waals surface area (Å²) in [5.41, 5.74) is 2.32. The van der Waals surface area contributed by atoms with Crippen molar-refractivity contribution in [3.05, 3.63) is 59.7 Å². The maximum atomic E-state index is 11.3.